The standard InChI is InChI=1S/C21H26N2O2S/c1-4-11-22-20(24)18-15-8-5-6-9-16(15)21(25)23(13-14(2)3)19(18)17-10-7-12-26-17/h5-10,12,14,18-19H,4,11,13H2,1-3H3,(H,22,24)/t18-,19+/m1/s1. The molecule has 1 aliphatic heterocycles. The molecule has 1 aromatic carbocycles. The van der Waals surface area contributed by atoms with Gasteiger partial charge in [0.15, 0.2) is 0 Å². The largest absolute Gasteiger partial charge is 0.356 e. The van der Waals surface area contributed by atoms with Crippen LogP contribution in [0.1, 0.15) is 60.0 Å². The first kappa shape index (κ1) is 18.6. The van der Waals surface area contributed by atoms with Gasteiger partial charge in [0.2, 0.25) is 5.91 Å². The van der Waals surface area contributed by atoms with Crippen LogP contribution in [0.5, 0.6) is 0 Å². The maximum atomic E-state index is 13.2. The molecule has 0 fully saturated rings. The van der Waals surface area contributed by atoms with E-state index in [1.165, 1.54) is 0 Å². The molecule has 0 radical (unpaired) electrons. The summed E-state index contributed by atoms with van der Waals surface area (Å²) in [5.74, 6) is -0.0370. The smallest absolute Gasteiger partial charge is 0.254 e. The third-order valence-corrected chi connectivity index (χ3v) is 5.61. The number of rotatable bonds is 6. The average molecular weight is 371 g/mol. The minimum atomic E-state index is -0.382. The quantitative estimate of drug-likeness (QED) is 0.828. The van der Waals surface area contributed by atoms with Crippen molar-refractivity contribution < 1.29 is 9.59 Å². The Morgan fingerprint density at radius 3 is 2.65 bits per heavy atom. The number of fused-ring (bicyclic) bond motifs is 1. The van der Waals surface area contributed by atoms with Crippen LogP contribution in [0.15, 0.2) is 41.8 Å². The summed E-state index contributed by atoms with van der Waals surface area (Å²) in [5, 5.41) is 5.06. The first-order valence-electron chi connectivity index (χ1n) is 9.25. The Morgan fingerprint density at radius 2 is 2.00 bits per heavy atom. The van der Waals surface area contributed by atoms with Gasteiger partial charge in [-0.25, -0.2) is 0 Å². The van der Waals surface area contributed by atoms with E-state index in [4.69, 9.17) is 0 Å². The number of amides is 2. The van der Waals surface area contributed by atoms with Gasteiger partial charge in [0, 0.05) is 23.5 Å². The normalized spacial score (nSPS) is 19.5. The second kappa shape index (κ2) is 8.04. The summed E-state index contributed by atoms with van der Waals surface area (Å²) in [6, 6.07) is 11.3. The molecular formula is C21H26N2O2S. The lowest BCUT2D eigenvalue weighted by atomic mass is 9.81. The van der Waals surface area contributed by atoms with Crippen molar-refractivity contribution >= 4 is 23.2 Å². The summed E-state index contributed by atoms with van der Waals surface area (Å²) in [5.41, 5.74) is 1.49. The van der Waals surface area contributed by atoms with Crippen LogP contribution in [-0.4, -0.2) is 29.8 Å². The number of thiophene rings is 1. The zero-order valence-corrected chi connectivity index (χ0v) is 16.4. The number of nitrogens with zero attached hydrogens (tertiary/aromatic N) is 1. The van der Waals surface area contributed by atoms with E-state index in [0.29, 0.717) is 24.6 Å². The van der Waals surface area contributed by atoms with Gasteiger partial charge < -0.3 is 10.2 Å². The summed E-state index contributed by atoms with van der Waals surface area (Å²) >= 11 is 1.61. The van der Waals surface area contributed by atoms with E-state index in [0.717, 1.165) is 16.9 Å². The molecule has 2 amide bonds. The second-order valence-electron chi connectivity index (χ2n) is 7.17. The van der Waals surface area contributed by atoms with Gasteiger partial charge in [-0.1, -0.05) is 45.0 Å². The van der Waals surface area contributed by atoms with Crippen LogP contribution >= 0.6 is 11.3 Å². The van der Waals surface area contributed by atoms with Crippen molar-refractivity contribution in [3.8, 4) is 0 Å². The van der Waals surface area contributed by atoms with Gasteiger partial charge >= 0.3 is 0 Å². The third-order valence-electron chi connectivity index (χ3n) is 4.67. The predicted octanol–water partition coefficient (Wildman–Crippen LogP) is 4.21. The fourth-order valence-electron chi connectivity index (χ4n) is 3.60. The number of carbonyl (C=O) groups is 2. The minimum Gasteiger partial charge on any atom is -0.356 e. The Balaban J connectivity index is 2.13. The second-order valence-corrected chi connectivity index (χ2v) is 8.15. The molecule has 2 atom stereocenters. The Hall–Kier alpha value is -2.14. The van der Waals surface area contributed by atoms with Crippen molar-refractivity contribution in [1.82, 2.24) is 10.2 Å². The molecule has 3 rings (SSSR count). The fraction of sp³-hybridized carbons (Fsp3) is 0.429. The number of carbonyl (C=O) groups excluding carboxylic acids is 2. The van der Waals surface area contributed by atoms with Gasteiger partial charge in [-0.2, -0.15) is 0 Å². The molecule has 0 saturated heterocycles. The van der Waals surface area contributed by atoms with Crippen LogP contribution < -0.4 is 5.32 Å². The Kier molecular flexibility index (Phi) is 5.77. The molecule has 26 heavy (non-hydrogen) atoms. The Bertz CT molecular complexity index is 770. The van der Waals surface area contributed by atoms with Crippen molar-refractivity contribution in [2.45, 2.75) is 39.2 Å². The molecule has 2 heterocycles. The van der Waals surface area contributed by atoms with Crippen LogP contribution in [0.4, 0.5) is 0 Å². The van der Waals surface area contributed by atoms with Crippen LogP contribution in [0.2, 0.25) is 0 Å². The topological polar surface area (TPSA) is 49.4 Å². The highest BCUT2D eigenvalue weighted by Gasteiger charge is 2.44. The molecule has 138 valence electrons. The van der Waals surface area contributed by atoms with E-state index in [1.54, 1.807) is 11.3 Å². The van der Waals surface area contributed by atoms with Gasteiger partial charge in [0.05, 0.1) is 12.0 Å². The lowest BCUT2D eigenvalue weighted by Crippen LogP contribution is -2.48. The molecule has 0 aliphatic carbocycles. The summed E-state index contributed by atoms with van der Waals surface area (Å²) in [4.78, 5) is 29.3. The van der Waals surface area contributed by atoms with Crippen molar-refractivity contribution in [3.63, 3.8) is 0 Å². The van der Waals surface area contributed by atoms with E-state index in [1.807, 2.05) is 53.6 Å². The molecule has 1 aromatic heterocycles. The van der Waals surface area contributed by atoms with Gasteiger partial charge in [-0.3, -0.25) is 9.59 Å². The fourth-order valence-corrected chi connectivity index (χ4v) is 4.48. The molecule has 0 spiro atoms. The van der Waals surface area contributed by atoms with Crippen molar-refractivity contribution in [1.29, 1.82) is 0 Å². The summed E-state index contributed by atoms with van der Waals surface area (Å²) in [6.07, 6.45) is 0.887. The first-order chi connectivity index (χ1) is 12.5. The zero-order valence-electron chi connectivity index (χ0n) is 15.6. The molecule has 0 bridgehead atoms. The monoisotopic (exact) mass is 370 g/mol. The Morgan fingerprint density at radius 1 is 1.23 bits per heavy atom. The van der Waals surface area contributed by atoms with Gasteiger partial charge in [-0.15, -0.1) is 11.3 Å². The van der Waals surface area contributed by atoms with Crippen LogP contribution in [0.3, 0.4) is 0 Å². The number of hydrogen-bond acceptors (Lipinski definition) is 3. The van der Waals surface area contributed by atoms with E-state index >= 15 is 0 Å². The van der Waals surface area contributed by atoms with Gasteiger partial charge in [0.25, 0.3) is 5.91 Å². The molecule has 4 nitrogen and oxygen atoms in total. The number of hydrogen-bond donors (Lipinski definition) is 1. The maximum Gasteiger partial charge on any atom is 0.254 e. The number of nitrogens with one attached hydrogen (secondary N) is 1. The van der Waals surface area contributed by atoms with E-state index < -0.39 is 0 Å². The molecular weight excluding hydrogens is 344 g/mol. The van der Waals surface area contributed by atoms with E-state index in [-0.39, 0.29) is 23.8 Å². The molecule has 0 unspecified atom stereocenters. The summed E-state index contributed by atoms with van der Waals surface area (Å²) < 4.78 is 0. The van der Waals surface area contributed by atoms with Gasteiger partial charge in [0.1, 0.15) is 0 Å². The predicted molar refractivity (Wildman–Crippen MR) is 105 cm³/mol. The lowest BCUT2D eigenvalue weighted by molar-refractivity contribution is -0.124. The van der Waals surface area contributed by atoms with Crippen molar-refractivity contribution in [2.24, 2.45) is 5.92 Å². The maximum absolute atomic E-state index is 13.2. The Labute approximate surface area is 159 Å². The first-order valence-corrected chi connectivity index (χ1v) is 10.1. The highest BCUT2D eigenvalue weighted by atomic mass is 32.1. The third kappa shape index (κ3) is 3.54. The highest BCUT2D eigenvalue weighted by Crippen LogP contribution is 2.44. The highest BCUT2D eigenvalue weighted by molar-refractivity contribution is 7.10. The molecule has 1 N–H and O–H groups in total. The molecule has 2 aromatic rings. The van der Waals surface area contributed by atoms with Crippen LogP contribution in [0.25, 0.3) is 0 Å². The van der Waals surface area contributed by atoms with Gasteiger partial charge in [-0.05, 0) is 35.4 Å². The average Bonchev–Trinajstić information content (AvgIpc) is 3.15. The summed E-state index contributed by atoms with van der Waals surface area (Å²) in [7, 11) is 0. The SMILES string of the molecule is CCCNC(=O)[C@@H]1c2ccccc2C(=O)N(CC(C)C)[C@H]1c1cccs1. The molecule has 5 heteroatoms. The van der Waals surface area contributed by atoms with Crippen LogP contribution in [-0.2, 0) is 4.79 Å². The van der Waals surface area contributed by atoms with E-state index in [9.17, 15) is 9.59 Å². The zero-order chi connectivity index (χ0) is 18.7. The molecule has 0 saturated carbocycles. The van der Waals surface area contributed by atoms with Crippen molar-refractivity contribution in [3.05, 3.63) is 57.8 Å². The van der Waals surface area contributed by atoms with E-state index in [2.05, 4.69) is 19.2 Å². The summed E-state index contributed by atoms with van der Waals surface area (Å²) in [6.45, 7) is 7.53. The number of benzene rings is 1. The van der Waals surface area contributed by atoms with Crippen molar-refractivity contribution in [2.75, 3.05) is 13.1 Å². The lowest BCUT2D eigenvalue weighted by Gasteiger charge is -2.42. The molecule has 1 aliphatic rings. The van der Waals surface area contributed by atoms with Crippen LogP contribution in [0, 0.1) is 5.92 Å². The minimum absolute atomic E-state index is 0.000967.